The minimum absolute atomic E-state index is 0. The number of sulfonamides is 1. The second-order valence-electron chi connectivity index (χ2n) is 5.90. The monoisotopic (exact) mass is 396 g/mol. The fraction of sp³-hybridized carbons (Fsp3) is 0.294. The summed E-state index contributed by atoms with van der Waals surface area (Å²) >= 11 is 0. The number of piperidine rings is 1. The van der Waals surface area contributed by atoms with Gasteiger partial charge in [0, 0.05) is 6.54 Å². The molecule has 7 nitrogen and oxygen atoms in total. The van der Waals surface area contributed by atoms with Crippen molar-refractivity contribution in [1.29, 1.82) is 0 Å². The van der Waals surface area contributed by atoms with Crippen molar-refractivity contribution >= 4 is 39.8 Å². The van der Waals surface area contributed by atoms with E-state index in [0.717, 1.165) is 12.8 Å². The number of nitrogens with zero attached hydrogens (tertiary/aromatic N) is 2. The molecule has 1 aliphatic heterocycles. The van der Waals surface area contributed by atoms with Crippen LogP contribution in [0.15, 0.2) is 53.6 Å². The number of carbonyl (C=O) groups is 1. The Balaban J connectivity index is 0.00000243. The average Bonchev–Trinajstić information content (AvgIpc) is 2.64. The second kappa shape index (κ2) is 8.48. The van der Waals surface area contributed by atoms with Crippen molar-refractivity contribution < 1.29 is 13.2 Å². The zero-order valence-electron chi connectivity index (χ0n) is 14.0. The smallest absolute Gasteiger partial charge is 0.243 e. The van der Waals surface area contributed by atoms with E-state index in [-0.39, 0.29) is 23.2 Å². The van der Waals surface area contributed by atoms with Gasteiger partial charge in [0.25, 0.3) is 0 Å². The molecule has 0 radical (unpaired) electrons. The van der Waals surface area contributed by atoms with E-state index >= 15 is 0 Å². The maximum absolute atomic E-state index is 12.9. The van der Waals surface area contributed by atoms with Gasteiger partial charge in [-0.3, -0.25) is 4.79 Å². The lowest BCUT2D eigenvalue weighted by molar-refractivity contribution is -0.120. The Labute approximate surface area is 159 Å². The number of rotatable bonds is 4. The summed E-state index contributed by atoms with van der Waals surface area (Å²) in [5, 5.41) is 2.73. The van der Waals surface area contributed by atoms with E-state index in [9.17, 15) is 13.2 Å². The van der Waals surface area contributed by atoms with Crippen molar-refractivity contribution in [3.8, 4) is 0 Å². The zero-order valence-corrected chi connectivity index (χ0v) is 15.7. The first-order valence-corrected chi connectivity index (χ1v) is 9.52. The van der Waals surface area contributed by atoms with Gasteiger partial charge < -0.3 is 11.1 Å². The predicted octanol–water partition coefficient (Wildman–Crippen LogP) is 2.27. The highest BCUT2D eigenvalue weighted by Crippen LogP contribution is 2.26. The maximum atomic E-state index is 12.9. The molecular formula is C17H21ClN4O3S. The van der Waals surface area contributed by atoms with E-state index in [1.807, 2.05) is 0 Å². The van der Waals surface area contributed by atoms with Crippen LogP contribution in [0, 0.1) is 0 Å². The lowest BCUT2D eigenvalue weighted by Crippen LogP contribution is -2.49. The average molecular weight is 397 g/mol. The Kier molecular flexibility index (Phi) is 6.57. The lowest BCUT2D eigenvalue weighted by Gasteiger charge is -2.33. The molecule has 1 atom stereocenters. The van der Waals surface area contributed by atoms with Crippen LogP contribution in [0.4, 0.5) is 11.5 Å². The van der Waals surface area contributed by atoms with Crippen LogP contribution < -0.4 is 11.1 Å². The molecule has 0 bridgehead atoms. The molecule has 0 aliphatic carbocycles. The Morgan fingerprint density at radius 1 is 1.15 bits per heavy atom. The number of hydrogen-bond acceptors (Lipinski definition) is 5. The van der Waals surface area contributed by atoms with Crippen LogP contribution in [-0.2, 0) is 14.8 Å². The maximum Gasteiger partial charge on any atom is 0.243 e. The number of nitrogen functional groups attached to an aromatic ring is 1. The van der Waals surface area contributed by atoms with Gasteiger partial charge in [-0.15, -0.1) is 12.4 Å². The van der Waals surface area contributed by atoms with Crippen molar-refractivity contribution in [3.63, 3.8) is 0 Å². The van der Waals surface area contributed by atoms with Crippen molar-refractivity contribution in [3.05, 3.63) is 48.7 Å². The predicted molar refractivity (Wildman–Crippen MR) is 102 cm³/mol. The summed E-state index contributed by atoms with van der Waals surface area (Å²) in [5.41, 5.74) is 6.02. The number of pyridine rings is 1. The number of nitrogens with one attached hydrogen (secondary N) is 1. The fourth-order valence-corrected chi connectivity index (χ4v) is 4.56. The summed E-state index contributed by atoms with van der Waals surface area (Å²) in [6.45, 7) is 0.329. The molecule has 3 rings (SSSR count). The molecule has 9 heteroatoms. The number of benzene rings is 1. The molecule has 2 heterocycles. The molecule has 26 heavy (non-hydrogen) atoms. The third-order valence-corrected chi connectivity index (χ3v) is 6.08. The van der Waals surface area contributed by atoms with E-state index in [1.165, 1.54) is 10.5 Å². The van der Waals surface area contributed by atoms with E-state index in [2.05, 4.69) is 10.3 Å². The number of amides is 1. The van der Waals surface area contributed by atoms with Gasteiger partial charge in [0.05, 0.1) is 16.8 Å². The van der Waals surface area contributed by atoms with Crippen LogP contribution in [-0.4, -0.2) is 36.2 Å². The largest absolute Gasteiger partial charge is 0.384 e. The minimum atomic E-state index is -3.72. The van der Waals surface area contributed by atoms with Gasteiger partial charge in [-0.1, -0.05) is 24.6 Å². The van der Waals surface area contributed by atoms with Gasteiger partial charge in [0.15, 0.2) is 0 Å². The highest BCUT2D eigenvalue weighted by Gasteiger charge is 2.37. The third kappa shape index (κ3) is 4.32. The van der Waals surface area contributed by atoms with E-state index in [1.54, 1.807) is 42.5 Å². The van der Waals surface area contributed by atoms with Gasteiger partial charge in [0.2, 0.25) is 15.9 Å². The highest BCUT2D eigenvalue weighted by atomic mass is 35.5. The van der Waals surface area contributed by atoms with Crippen molar-refractivity contribution in [1.82, 2.24) is 9.29 Å². The first-order chi connectivity index (χ1) is 12.0. The van der Waals surface area contributed by atoms with E-state index in [4.69, 9.17) is 5.73 Å². The van der Waals surface area contributed by atoms with Gasteiger partial charge in [-0.05, 0) is 37.1 Å². The van der Waals surface area contributed by atoms with Crippen LogP contribution in [0.5, 0.6) is 0 Å². The van der Waals surface area contributed by atoms with Crippen LogP contribution in [0.1, 0.15) is 19.3 Å². The topological polar surface area (TPSA) is 105 Å². The van der Waals surface area contributed by atoms with Gasteiger partial charge in [0.1, 0.15) is 11.9 Å². The molecule has 0 spiro atoms. The van der Waals surface area contributed by atoms with Crippen molar-refractivity contribution in [2.75, 3.05) is 17.6 Å². The Bertz CT molecular complexity index is 844. The van der Waals surface area contributed by atoms with Crippen molar-refractivity contribution in [2.24, 2.45) is 0 Å². The SMILES string of the molecule is Cl.Nc1ccc(NC(=O)C2CCCCN2S(=O)(=O)c2ccccc2)cn1. The zero-order chi connectivity index (χ0) is 17.9. The number of anilines is 2. The number of hydrogen-bond donors (Lipinski definition) is 2. The Morgan fingerprint density at radius 2 is 1.88 bits per heavy atom. The molecule has 1 unspecified atom stereocenters. The van der Waals surface area contributed by atoms with Crippen molar-refractivity contribution in [2.45, 2.75) is 30.2 Å². The lowest BCUT2D eigenvalue weighted by atomic mass is 10.0. The van der Waals surface area contributed by atoms with Crippen LogP contribution in [0.25, 0.3) is 0 Å². The summed E-state index contributed by atoms with van der Waals surface area (Å²) in [4.78, 5) is 16.8. The molecule has 2 aromatic rings. The van der Waals surface area contributed by atoms with Gasteiger partial charge in [-0.2, -0.15) is 4.31 Å². The first-order valence-electron chi connectivity index (χ1n) is 8.08. The molecule has 1 aromatic carbocycles. The van der Waals surface area contributed by atoms with Crippen LogP contribution in [0.3, 0.4) is 0 Å². The molecule has 140 valence electrons. The van der Waals surface area contributed by atoms with Gasteiger partial charge in [-0.25, -0.2) is 13.4 Å². The first kappa shape index (κ1) is 20.2. The quantitative estimate of drug-likeness (QED) is 0.824. The summed E-state index contributed by atoms with van der Waals surface area (Å²) in [7, 11) is -3.72. The van der Waals surface area contributed by atoms with Crippen LogP contribution >= 0.6 is 12.4 Å². The molecule has 1 fully saturated rings. The highest BCUT2D eigenvalue weighted by molar-refractivity contribution is 7.89. The molecule has 0 saturated carbocycles. The molecule has 1 aromatic heterocycles. The summed E-state index contributed by atoms with van der Waals surface area (Å²) < 4.78 is 27.1. The Hall–Kier alpha value is -2.16. The second-order valence-corrected chi connectivity index (χ2v) is 7.79. The van der Waals surface area contributed by atoms with E-state index in [0.29, 0.717) is 24.5 Å². The minimum Gasteiger partial charge on any atom is -0.384 e. The van der Waals surface area contributed by atoms with Crippen LogP contribution in [0.2, 0.25) is 0 Å². The molecule has 3 N–H and O–H groups in total. The summed E-state index contributed by atoms with van der Waals surface area (Å²) in [5.74, 6) is -0.00488. The number of halogens is 1. The summed E-state index contributed by atoms with van der Waals surface area (Å²) in [6.07, 6.45) is 3.48. The summed E-state index contributed by atoms with van der Waals surface area (Å²) in [6, 6.07) is 10.7. The molecule has 1 amide bonds. The number of carbonyl (C=O) groups excluding carboxylic acids is 1. The number of aromatic nitrogens is 1. The van der Waals surface area contributed by atoms with E-state index < -0.39 is 16.1 Å². The fourth-order valence-electron chi connectivity index (χ4n) is 2.89. The normalized spacial score (nSPS) is 17.9. The third-order valence-electron chi connectivity index (χ3n) is 4.16. The Morgan fingerprint density at radius 3 is 2.54 bits per heavy atom. The molecule has 1 aliphatic rings. The standard InChI is InChI=1S/C17H20N4O3S.ClH/c18-16-10-9-13(12-19-16)20-17(22)15-8-4-5-11-21(15)25(23,24)14-6-2-1-3-7-14;/h1-3,6-7,9-10,12,15H,4-5,8,11H2,(H2,18,19)(H,20,22);1H. The van der Waals surface area contributed by atoms with Gasteiger partial charge >= 0.3 is 0 Å². The molecule has 1 saturated heterocycles. The molecular weight excluding hydrogens is 376 g/mol. The number of nitrogens with two attached hydrogens (primary N) is 1.